The summed E-state index contributed by atoms with van der Waals surface area (Å²) in [6.07, 6.45) is 1.91. The van der Waals surface area contributed by atoms with E-state index in [-0.39, 0.29) is 5.02 Å². The Hall–Kier alpha value is -2.31. The second-order valence-corrected chi connectivity index (χ2v) is 4.92. The normalized spacial score (nSPS) is 10.7. The molecular formula is C16H10ClFN2. The predicted molar refractivity (Wildman–Crippen MR) is 77.2 cm³/mol. The number of aromatic nitrogens is 1. The van der Waals surface area contributed by atoms with Crippen LogP contribution in [0.5, 0.6) is 0 Å². The van der Waals surface area contributed by atoms with Crippen molar-refractivity contribution in [3.8, 4) is 6.07 Å². The lowest BCUT2D eigenvalue weighted by Gasteiger charge is -2.08. The Bertz CT molecular complexity index is 830. The first-order valence-corrected chi connectivity index (χ1v) is 6.49. The molecule has 0 saturated carbocycles. The van der Waals surface area contributed by atoms with E-state index in [1.165, 1.54) is 6.07 Å². The molecule has 1 aromatic heterocycles. The van der Waals surface area contributed by atoms with E-state index in [2.05, 4.69) is 6.07 Å². The number of hydrogen-bond donors (Lipinski definition) is 0. The summed E-state index contributed by atoms with van der Waals surface area (Å²) in [5.41, 5.74) is 2.25. The summed E-state index contributed by atoms with van der Waals surface area (Å²) in [6, 6.07) is 14.4. The van der Waals surface area contributed by atoms with Crippen LogP contribution in [0.4, 0.5) is 4.39 Å². The molecule has 20 heavy (non-hydrogen) atoms. The topological polar surface area (TPSA) is 28.7 Å². The molecule has 0 amide bonds. The van der Waals surface area contributed by atoms with Crippen LogP contribution in [0.3, 0.4) is 0 Å². The third kappa shape index (κ3) is 2.15. The van der Waals surface area contributed by atoms with Gasteiger partial charge in [-0.3, -0.25) is 0 Å². The Kier molecular flexibility index (Phi) is 3.17. The average Bonchev–Trinajstić information content (AvgIpc) is 2.86. The van der Waals surface area contributed by atoms with Crippen LogP contribution in [-0.4, -0.2) is 4.57 Å². The summed E-state index contributed by atoms with van der Waals surface area (Å²) in [6.45, 7) is 0.467. The maximum atomic E-state index is 13.5. The minimum Gasteiger partial charge on any atom is -0.343 e. The fraction of sp³-hybridized carbons (Fsp3) is 0.0625. The zero-order chi connectivity index (χ0) is 14.1. The lowest BCUT2D eigenvalue weighted by atomic mass is 10.2. The highest BCUT2D eigenvalue weighted by Gasteiger charge is 2.08. The summed E-state index contributed by atoms with van der Waals surface area (Å²) >= 11 is 5.98. The van der Waals surface area contributed by atoms with Gasteiger partial charge in [-0.1, -0.05) is 29.8 Å². The van der Waals surface area contributed by atoms with E-state index in [4.69, 9.17) is 16.9 Å². The van der Waals surface area contributed by atoms with Crippen LogP contribution in [-0.2, 0) is 6.54 Å². The minimum atomic E-state index is -0.418. The molecule has 0 bridgehead atoms. The molecule has 0 aliphatic heterocycles. The standard InChI is InChI=1S/C16H10ClFN2/c17-16-13(2-1-3-14(16)18)10-20-7-6-12-5-4-11(9-19)8-15(12)20/h1-8H,10H2. The SMILES string of the molecule is N#Cc1ccc2ccn(Cc3cccc(F)c3Cl)c2c1. The van der Waals surface area contributed by atoms with Crippen LogP contribution in [0.2, 0.25) is 5.02 Å². The maximum absolute atomic E-state index is 13.5. The van der Waals surface area contributed by atoms with Crippen molar-refractivity contribution in [1.82, 2.24) is 4.57 Å². The summed E-state index contributed by atoms with van der Waals surface area (Å²) in [7, 11) is 0. The first-order valence-electron chi connectivity index (χ1n) is 6.11. The number of nitriles is 1. The van der Waals surface area contributed by atoms with Gasteiger partial charge in [-0.05, 0) is 35.2 Å². The van der Waals surface area contributed by atoms with Gasteiger partial charge in [0, 0.05) is 18.3 Å². The highest BCUT2D eigenvalue weighted by molar-refractivity contribution is 6.31. The van der Waals surface area contributed by atoms with Crippen molar-refractivity contribution in [2.24, 2.45) is 0 Å². The van der Waals surface area contributed by atoms with E-state index in [1.807, 2.05) is 29.0 Å². The molecule has 3 rings (SSSR count). The molecule has 0 radical (unpaired) electrons. The number of nitrogens with zero attached hydrogens (tertiary/aromatic N) is 2. The Morgan fingerprint density at radius 2 is 2.05 bits per heavy atom. The van der Waals surface area contributed by atoms with Crippen molar-refractivity contribution < 1.29 is 4.39 Å². The maximum Gasteiger partial charge on any atom is 0.142 e. The molecule has 0 unspecified atom stereocenters. The van der Waals surface area contributed by atoms with Gasteiger partial charge in [0.15, 0.2) is 0 Å². The van der Waals surface area contributed by atoms with Gasteiger partial charge in [-0.2, -0.15) is 5.26 Å². The largest absolute Gasteiger partial charge is 0.343 e. The first-order chi connectivity index (χ1) is 9.69. The molecule has 0 spiro atoms. The molecule has 98 valence electrons. The molecule has 0 fully saturated rings. The predicted octanol–water partition coefficient (Wildman–Crippen LogP) is 4.35. The summed E-state index contributed by atoms with van der Waals surface area (Å²) in [5, 5.41) is 10.1. The first kappa shape index (κ1) is 12.7. The van der Waals surface area contributed by atoms with E-state index in [9.17, 15) is 4.39 Å². The zero-order valence-corrected chi connectivity index (χ0v) is 11.2. The molecule has 2 nitrogen and oxygen atoms in total. The van der Waals surface area contributed by atoms with Crippen LogP contribution in [0, 0.1) is 17.1 Å². The van der Waals surface area contributed by atoms with Gasteiger partial charge >= 0.3 is 0 Å². The smallest absolute Gasteiger partial charge is 0.142 e. The highest BCUT2D eigenvalue weighted by Crippen LogP contribution is 2.23. The third-order valence-corrected chi connectivity index (χ3v) is 3.70. The zero-order valence-electron chi connectivity index (χ0n) is 10.5. The second kappa shape index (κ2) is 4.99. The van der Waals surface area contributed by atoms with Crippen LogP contribution >= 0.6 is 11.6 Å². The summed E-state index contributed by atoms with van der Waals surface area (Å²) in [5.74, 6) is -0.418. The molecule has 4 heteroatoms. The molecule has 0 aliphatic carbocycles. The fourth-order valence-corrected chi connectivity index (χ4v) is 2.43. The van der Waals surface area contributed by atoms with Gasteiger partial charge in [0.05, 0.1) is 16.7 Å². The Morgan fingerprint density at radius 1 is 1.20 bits per heavy atom. The Balaban J connectivity index is 2.07. The molecule has 0 aliphatic rings. The summed E-state index contributed by atoms with van der Waals surface area (Å²) < 4.78 is 15.4. The van der Waals surface area contributed by atoms with E-state index in [1.54, 1.807) is 18.2 Å². The van der Waals surface area contributed by atoms with Crippen molar-refractivity contribution >= 4 is 22.5 Å². The number of rotatable bonds is 2. The average molecular weight is 285 g/mol. The van der Waals surface area contributed by atoms with Crippen molar-refractivity contribution in [3.05, 3.63) is 70.6 Å². The fourth-order valence-electron chi connectivity index (χ4n) is 2.25. The van der Waals surface area contributed by atoms with E-state index in [0.29, 0.717) is 17.7 Å². The van der Waals surface area contributed by atoms with Crippen molar-refractivity contribution in [1.29, 1.82) is 5.26 Å². The van der Waals surface area contributed by atoms with Gasteiger partial charge in [-0.25, -0.2) is 4.39 Å². The quantitative estimate of drug-likeness (QED) is 0.687. The molecule has 0 saturated heterocycles. The molecule has 3 aromatic rings. The van der Waals surface area contributed by atoms with Gasteiger partial charge in [0.1, 0.15) is 5.82 Å². The van der Waals surface area contributed by atoms with E-state index in [0.717, 1.165) is 10.9 Å². The minimum absolute atomic E-state index is 0.144. The molecule has 0 N–H and O–H groups in total. The monoisotopic (exact) mass is 284 g/mol. The van der Waals surface area contributed by atoms with Crippen molar-refractivity contribution in [2.45, 2.75) is 6.54 Å². The molecule has 0 atom stereocenters. The van der Waals surface area contributed by atoms with Crippen LogP contribution in [0.1, 0.15) is 11.1 Å². The summed E-state index contributed by atoms with van der Waals surface area (Å²) in [4.78, 5) is 0. The lowest BCUT2D eigenvalue weighted by molar-refractivity contribution is 0.624. The number of hydrogen-bond acceptors (Lipinski definition) is 1. The molecule has 1 heterocycles. The van der Waals surface area contributed by atoms with Gasteiger partial charge in [0.25, 0.3) is 0 Å². The number of benzene rings is 2. The lowest BCUT2D eigenvalue weighted by Crippen LogP contribution is -1.99. The third-order valence-electron chi connectivity index (χ3n) is 3.28. The van der Waals surface area contributed by atoms with Crippen molar-refractivity contribution in [2.75, 3.05) is 0 Å². The van der Waals surface area contributed by atoms with Gasteiger partial charge in [0.2, 0.25) is 0 Å². The highest BCUT2D eigenvalue weighted by atomic mass is 35.5. The number of halogens is 2. The second-order valence-electron chi connectivity index (χ2n) is 4.54. The van der Waals surface area contributed by atoms with Crippen LogP contribution < -0.4 is 0 Å². The molecule has 2 aromatic carbocycles. The van der Waals surface area contributed by atoms with Crippen LogP contribution in [0.25, 0.3) is 10.9 Å². The molecular weight excluding hydrogens is 275 g/mol. The van der Waals surface area contributed by atoms with Gasteiger partial charge < -0.3 is 4.57 Å². The Morgan fingerprint density at radius 3 is 2.85 bits per heavy atom. The van der Waals surface area contributed by atoms with Crippen LogP contribution in [0.15, 0.2) is 48.7 Å². The van der Waals surface area contributed by atoms with Crippen molar-refractivity contribution in [3.63, 3.8) is 0 Å². The number of fused-ring (bicyclic) bond motifs is 1. The van der Waals surface area contributed by atoms with Gasteiger partial charge in [-0.15, -0.1) is 0 Å². The Labute approximate surface area is 120 Å². The van der Waals surface area contributed by atoms with E-state index >= 15 is 0 Å². The van der Waals surface area contributed by atoms with E-state index < -0.39 is 5.82 Å².